The summed E-state index contributed by atoms with van der Waals surface area (Å²) in [5, 5.41) is 14.8. The molecule has 0 bridgehead atoms. The summed E-state index contributed by atoms with van der Waals surface area (Å²) in [5.74, 6) is 1.11. The molecule has 178 valence electrons. The Morgan fingerprint density at radius 2 is 1.74 bits per heavy atom. The Morgan fingerprint density at radius 3 is 2.43 bits per heavy atom. The Hall–Kier alpha value is -3.04. The molecule has 35 heavy (non-hydrogen) atoms. The van der Waals surface area contributed by atoms with Crippen LogP contribution >= 0.6 is 46.6 Å². The Morgan fingerprint density at radius 1 is 1.03 bits per heavy atom. The summed E-state index contributed by atoms with van der Waals surface area (Å²) in [6, 6.07) is 19.8. The van der Waals surface area contributed by atoms with E-state index in [0.29, 0.717) is 31.6 Å². The van der Waals surface area contributed by atoms with Crippen molar-refractivity contribution in [1.29, 1.82) is 0 Å². The second kappa shape index (κ2) is 11.6. The van der Waals surface area contributed by atoms with Crippen molar-refractivity contribution in [3.8, 4) is 22.8 Å². The first-order chi connectivity index (χ1) is 16.9. The molecular formula is C24H18Cl3N5O2S. The van der Waals surface area contributed by atoms with Gasteiger partial charge in [-0.2, -0.15) is 5.10 Å². The maximum atomic E-state index is 12.4. The van der Waals surface area contributed by atoms with E-state index in [1.54, 1.807) is 37.4 Å². The first-order valence-corrected chi connectivity index (χ1v) is 12.3. The first kappa shape index (κ1) is 25.1. The predicted molar refractivity (Wildman–Crippen MR) is 141 cm³/mol. The number of rotatable bonds is 8. The maximum absolute atomic E-state index is 12.4. The van der Waals surface area contributed by atoms with Gasteiger partial charge in [-0.1, -0.05) is 52.6 Å². The summed E-state index contributed by atoms with van der Waals surface area (Å²) in [6.07, 6.45) is 1.46. The number of thioether (sulfide) groups is 1. The van der Waals surface area contributed by atoms with Gasteiger partial charge in [0.2, 0.25) is 0 Å². The molecule has 0 atom stereocenters. The molecule has 0 radical (unpaired) electrons. The molecule has 0 saturated carbocycles. The third-order valence-corrected chi connectivity index (χ3v) is 6.50. The van der Waals surface area contributed by atoms with Crippen LogP contribution in [0.15, 0.2) is 77.0 Å². The van der Waals surface area contributed by atoms with Crippen molar-refractivity contribution in [2.24, 2.45) is 5.10 Å². The second-order valence-corrected chi connectivity index (χ2v) is 9.32. The molecular weight excluding hydrogens is 529 g/mol. The quantitative estimate of drug-likeness (QED) is 0.163. The van der Waals surface area contributed by atoms with Gasteiger partial charge < -0.3 is 4.74 Å². The number of ether oxygens (including phenoxy) is 1. The van der Waals surface area contributed by atoms with Gasteiger partial charge in [0, 0.05) is 26.9 Å². The molecule has 4 rings (SSSR count). The number of benzene rings is 3. The van der Waals surface area contributed by atoms with Gasteiger partial charge in [-0.05, 0) is 60.7 Å². The van der Waals surface area contributed by atoms with E-state index in [0.717, 1.165) is 17.0 Å². The normalized spacial score (nSPS) is 11.1. The monoisotopic (exact) mass is 545 g/mol. The molecule has 0 aliphatic heterocycles. The number of hydrazone groups is 1. The molecule has 11 heteroatoms. The zero-order valence-corrected chi connectivity index (χ0v) is 21.4. The third-order valence-electron chi connectivity index (χ3n) is 4.75. The van der Waals surface area contributed by atoms with Crippen molar-refractivity contribution < 1.29 is 9.53 Å². The van der Waals surface area contributed by atoms with Crippen LogP contribution in [0.3, 0.4) is 0 Å². The molecule has 0 aliphatic rings. The van der Waals surface area contributed by atoms with Crippen LogP contribution in [0, 0.1) is 0 Å². The highest BCUT2D eigenvalue weighted by Crippen LogP contribution is 2.29. The number of hydrogen-bond donors (Lipinski definition) is 1. The lowest BCUT2D eigenvalue weighted by Crippen LogP contribution is -2.20. The molecule has 0 saturated heterocycles. The number of amides is 1. The van der Waals surface area contributed by atoms with E-state index in [-0.39, 0.29) is 11.7 Å². The van der Waals surface area contributed by atoms with Gasteiger partial charge in [0.1, 0.15) is 5.75 Å². The van der Waals surface area contributed by atoms with Crippen LogP contribution in [0.25, 0.3) is 17.1 Å². The smallest absolute Gasteiger partial charge is 0.250 e. The number of carbonyl (C=O) groups is 1. The molecule has 1 amide bonds. The van der Waals surface area contributed by atoms with Gasteiger partial charge in [-0.3, -0.25) is 9.36 Å². The van der Waals surface area contributed by atoms with Crippen LogP contribution in [0.4, 0.5) is 0 Å². The zero-order chi connectivity index (χ0) is 24.8. The van der Waals surface area contributed by atoms with E-state index in [9.17, 15) is 4.79 Å². The number of nitrogens with zero attached hydrogens (tertiary/aromatic N) is 4. The van der Waals surface area contributed by atoms with Gasteiger partial charge in [-0.25, -0.2) is 5.43 Å². The van der Waals surface area contributed by atoms with Crippen LogP contribution in [0.1, 0.15) is 5.56 Å². The molecule has 1 N–H and O–H groups in total. The Bertz CT molecular complexity index is 1360. The lowest BCUT2D eigenvalue weighted by atomic mass is 10.2. The third kappa shape index (κ3) is 6.35. The van der Waals surface area contributed by atoms with E-state index >= 15 is 0 Å². The SMILES string of the molecule is COc1ccc(-c2nnc(SCC(=O)N/N=C/c3ccc(Cl)cc3Cl)n2-c2ccc(Cl)cc2)cc1. The standard InChI is InChI=1S/C24H18Cl3N5O2S/c1-34-20-10-3-15(4-11-20)23-30-31-24(32(23)19-8-6-17(25)7-9-19)35-14-22(33)29-28-13-16-2-5-18(26)12-21(16)27/h2-13H,14H2,1H3,(H,29,33)/b28-13+. The number of aromatic nitrogens is 3. The fourth-order valence-electron chi connectivity index (χ4n) is 3.06. The van der Waals surface area contributed by atoms with Crippen molar-refractivity contribution in [3.63, 3.8) is 0 Å². The minimum Gasteiger partial charge on any atom is -0.497 e. The second-order valence-electron chi connectivity index (χ2n) is 7.09. The van der Waals surface area contributed by atoms with Crippen LogP contribution < -0.4 is 10.2 Å². The van der Waals surface area contributed by atoms with Crippen molar-refractivity contribution in [2.75, 3.05) is 12.9 Å². The molecule has 0 unspecified atom stereocenters. The van der Waals surface area contributed by atoms with Crippen LogP contribution in [-0.4, -0.2) is 39.7 Å². The molecule has 3 aromatic carbocycles. The van der Waals surface area contributed by atoms with Crippen molar-refractivity contribution in [2.45, 2.75) is 5.16 Å². The van der Waals surface area contributed by atoms with E-state index in [1.165, 1.54) is 18.0 Å². The summed E-state index contributed by atoms with van der Waals surface area (Å²) in [5.41, 5.74) is 4.78. The van der Waals surface area contributed by atoms with Crippen molar-refractivity contribution in [1.82, 2.24) is 20.2 Å². The summed E-state index contributed by atoms with van der Waals surface area (Å²) in [4.78, 5) is 12.4. The number of nitrogens with one attached hydrogen (secondary N) is 1. The number of hydrogen-bond acceptors (Lipinski definition) is 6. The highest BCUT2D eigenvalue weighted by molar-refractivity contribution is 7.99. The molecule has 7 nitrogen and oxygen atoms in total. The van der Waals surface area contributed by atoms with E-state index in [2.05, 4.69) is 20.7 Å². The predicted octanol–water partition coefficient (Wildman–Crippen LogP) is 6.15. The number of carbonyl (C=O) groups excluding carboxylic acids is 1. The zero-order valence-electron chi connectivity index (χ0n) is 18.3. The van der Waals surface area contributed by atoms with Crippen molar-refractivity contribution in [3.05, 3.63) is 87.4 Å². The molecule has 0 spiro atoms. The Balaban J connectivity index is 1.51. The number of halogens is 3. The Labute approximate surface area is 221 Å². The summed E-state index contributed by atoms with van der Waals surface area (Å²) in [6.45, 7) is 0. The van der Waals surface area contributed by atoms with Crippen LogP contribution in [0.5, 0.6) is 5.75 Å². The minimum absolute atomic E-state index is 0.0695. The Kier molecular flexibility index (Phi) is 8.30. The van der Waals surface area contributed by atoms with E-state index in [1.807, 2.05) is 41.0 Å². The van der Waals surface area contributed by atoms with Crippen LogP contribution in [0.2, 0.25) is 15.1 Å². The van der Waals surface area contributed by atoms with Gasteiger partial charge in [0.25, 0.3) is 5.91 Å². The largest absolute Gasteiger partial charge is 0.497 e. The van der Waals surface area contributed by atoms with Gasteiger partial charge in [0.15, 0.2) is 11.0 Å². The number of methoxy groups -OCH3 is 1. The van der Waals surface area contributed by atoms with Gasteiger partial charge >= 0.3 is 0 Å². The fourth-order valence-corrected chi connectivity index (χ4v) is 4.38. The molecule has 1 aromatic heterocycles. The highest BCUT2D eigenvalue weighted by atomic mass is 35.5. The van der Waals surface area contributed by atoms with Crippen LogP contribution in [-0.2, 0) is 4.79 Å². The minimum atomic E-state index is -0.312. The molecule has 0 aliphatic carbocycles. The average Bonchev–Trinajstić information content (AvgIpc) is 3.28. The lowest BCUT2D eigenvalue weighted by Gasteiger charge is -2.11. The maximum Gasteiger partial charge on any atom is 0.250 e. The average molecular weight is 547 g/mol. The fraction of sp³-hybridized carbons (Fsp3) is 0.0833. The van der Waals surface area contributed by atoms with Gasteiger partial charge in [0.05, 0.1) is 24.1 Å². The summed E-state index contributed by atoms with van der Waals surface area (Å²) >= 11 is 19.3. The van der Waals surface area contributed by atoms with Gasteiger partial charge in [-0.15, -0.1) is 10.2 Å². The summed E-state index contributed by atoms with van der Waals surface area (Å²) in [7, 11) is 1.61. The molecule has 1 heterocycles. The van der Waals surface area contributed by atoms with E-state index in [4.69, 9.17) is 39.5 Å². The molecule has 0 fully saturated rings. The van der Waals surface area contributed by atoms with Crippen molar-refractivity contribution >= 4 is 58.7 Å². The summed E-state index contributed by atoms with van der Waals surface area (Å²) < 4.78 is 7.11. The van der Waals surface area contributed by atoms with E-state index < -0.39 is 0 Å². The highest BCUT2D eigenvalue weighted by Gasteiger charge is 2.17. The molecule has 4 aromatic rings. The topological polar surface area (TPSA) is 81.4 Å². The first-order valence-electron chi connectivity index (χ1n) is 10.2. The lowest BCUT2D eigenvalue weighted by molar-refractivity contribution is -0.118.